The molecule has 0 spiro atoms. The Morgan fingerprint density at radius 3 is 2.87 bits per heavy atom. The first-order valence-electron chi connectivity index (χ1n) is 5.13. The largest absolute Gasteiger partial charge is 0.384 e. The molecule has 1 heterocycles. The number of hydrogen-bond acceptors (Lipinski definition) is 3. The standard InChI is InChI=1S/C9H18ClNO3S/c1-14-8-9-3-2-5-11(7-9)15(12,13)6-4-10/h9H,2-8H2,1H3. The number of hydrogen-bond donors (Lipinski definition) is 0. The first-order chi connectivity index (χ1) is 7.10. The summed E-state index contributed by atoms with van der Waals surface area (Å²) in [5.74, 6) is 0.524. The van der Waals surface area contributed by atoms with E-state index >= 15 is 0 Å². The number of rotatable bonds is 5. The third-order valence-electron chi connectivity index (χ3n) is 2.61. The van der Waals surface area contributed by atoms with Crippen LogP contribution in [0.2, 0.25) is 0 Å². The molecule has 1 aliphatic heterocycles. The minimum Gasteiger partial charge on any atom is -0.384 e. The molecular formula is C9H18ClNO3S. The highest BCUT2D eigenvalue weighted by molar-refractivity contribution is 7.89. The van der Waals surface area contributed by atoms with Crippen molar-refractivity contribution in [3.8, 4) is 0 Å². The number of sulfonamides is 1. The average molecular weight is 256 g/mol. The normalized spacial score (nSPS) is 24.3. The summed E-state index contributed by atoms with van der Waals surface area (Å²) in [6, 6.07) is 0. The second kappa shape index (κ2) is 6.03. The summed E-state index contributed by atoms with van der Waals surface area (Å²) in [5, 5.41) is 0. The van der Waals surface area contributed by atoms with Crippen molar-refractivity contribution in [3.63, 3.8) is 0 Å². The Bertz CT molecular complexity index is 279. The zero-order valence-corrected chi connectivity index (χ0v) is 10.6. The molecule has 1 saturated heterocycles. The molecule has 4 nitrogen and oxygen atoms in total. The Hall–Kier alpha value is 0.160. The quantitative estimate of drug-likeness (QED) is 0.687. The van der Waals surface area contributed by atoms with Crippen molar-refractivity contribution < 1.29 is 13.2 Å². The van der Waals surface area contributed by atoms with Crippen molar-refractivity contribution >= 4 is 21.6 Å². The fraction of sp³-hybridized carbons (Fsp3) is 1.00. The molecule has 0 N–H and O–H groups in total. The minimum atomic E-state index is -3.14. The smallest absolute Gasteiger partial charge is 0.215 e. The lowest BCUT2D eigenvalue weighted by molar-refractivity contribution is 0.118. The molecule has 1 fully saturated rings. The predicted molar refractivity (Wildman–Crippen MR) is 60.7 cm³/mol. The van der Waals surface area contributed by atoms with Crippen LogP contribution in [0.25, 0.3) is 0 Å². The van der Waals surface area contributed by atoms with Crippen LogP contribution in [0.15, 0.2) is 0 Å². The number of piperidine rings is 1. The Labute approximate surface area is 96.6 Å². The van der Waals surface area contributed by atoms with E-state index in [-0.39, 0.29) is 11.6 Å². The number of alkyl halides is 1. The van der Waals surface area contributed by atoms with Crippen molar-refractivity contribution in [2.45, 2.75) is 12.8 Å². The van der Waals surface area contributed by atoms with E-state index in [0.29, 0.717) is 25.6 Å². The van der Waals surface area contributed by atoms with Gasteiger partial charge in [0.15, 0.2) is 0 Å². The first-order valence-corrected chi connectivity index (χ1v) is 7.27. The highest BCUT2D eigenvalue weighted by atomic mass is 35.5. The van der Waals surface area contributed by atoms with E-state index in [0.717, 1.165) is 12.8 Å². The fourth-order valence-electron chi connectivity index (χ4n) is 1.88. The molecule has 0 bridgehead atoms. The molecule has 15 heavy (non-hydrogen) atoms. The van der Waals surface area contributed by atoms with E-state index < -0.39 is 10.0 Å². The molecule has 0 aromatic carbocycles. The van der Waals surface area contributed by atoms with E-state index in [2.05, 4.69) is 0 Å². The number of halogens is 1. The van der Waals surface area contributed by atoms with Crippen LogP contribution in [0.5, 0.6) is 0 Å². The second-order valence-corrected chi connectivity index (χ2v) is 6.29. The van der Waals surface area contributed by atoms with Gasteiger partial charge in [0.1, 0.15) is 0 Å². The molecule has 6 heteroatoms. The molecule has 0 amide bonds. The van der Waals surface area contributed by atoms with Gasteiger partial charge < -0.3 is 4.74 Å². The van der Waals surface area contributed by atoms with Gasteiger partial charge in [-0.1, -0.05) is 0 Å². The van der Waals surface area contributed by atoms with Crippen LogP contribution >= 0.6 is 11.6 Å². The monoisotopic (exact) mass is 255 g/mol. The van der Waals surface area contributed by atoms with Crippen molar-refractivity contribution in [3.05, 3.63) is 0 Å². The maximum atomic E-state index is 11.7. The van der Waals surface area contributed by atoms with Crippen molar-refractivity contribution in [2.75, 3.05) is 38.4 Å². The molecule has 1 unspecified atom stereocenters. The molecule has 1 rings (SSSR count). The summed E-state index contributed by atoms with van der Waals surface area (Å²) < 4.78 is 30.1. The van der Waals surface area contributed by atoms with E-state index in [1.54, 1.807) is 11.4 Å². The summed E-state index contributed by atoms with van der Waals surface area (Å²) in [6.45, 7) is 1.83. The summed E-state index contributed by atoms with van der Waals surface area (Å²) in [5.41, 5.74) is 0. The molecule has 0 aromatic rings. The van der Waals surface area contributed by atoms with Crippen molar-refractivity contribution in [2.24, 2.45) is 5.92 Å². The molecule has 0 aliphatic carbocycles. The first kappa shape index (κ1) is 13.2. The highest BCUT2D eigenvalue weighted by Crippen LogP contribution is 2.19. The van der Waals surface area contributed by atoms with Gasteiger partial charge in [-0.25, -0.2) is 12.7 Å². The topological polar surface area (TPSA) is 46.6 Å². The van der Waals surface area contributed by atoms with E-state index in [9.17, 15) is 8.42 Å². The molecule has 0 radical (unpaired) electrons. The molecule has 1 atom stereocenters. The lowest BCUT2D eigenvalue weighted by atomic mass is 10.0. The van der Waals surface area contributed by atoms with Crippen LogP contribution in [0, 0.1) is 5.92 Å². The third kappa shape index (κ3) is 3.90. The summed E-state index contributed by atoms with van der Waals surface area (Å²) in [7, 11) is -1.49. The van der Waals surface area contributed by atoms with Gasteiger partial charge in [0.05, 0.1) is 12.4 Å². The van der Waals surface area contributed by atoms with Gasteiger partial charge in [-0.3, -0.25) is 0 Å². The SMILES string of the molecule is COCC1CCCN(S(=O)(=O)CCCl)C1. The van der Waals surface area contributed by atoms with Crippen LogP contribution in [-0.4, -0.2) is 51.2 Å². The van der Waals surface area contributed by atoms with E-state index in [1.807, 2.05) is 0 Å². The van der Waals surface area contributed by atoms with Crippen LogP contribution in [0.3, 0.4) is 0 Å². The van der Waals surface area contributed by atoms with Crippen LogP contribution in [0.1, 0.15) is 12.8 Å². The van der Waals surface area contributed by atoms with Gasteiger partial charge in [-0.2, -0.15) is 0 Å². The number of ether oxygens (including phenoxy) is 1. The van der Waals surface area contributed by atoms with Gasteiger partial charge in [-0.05, 0) is 18.8 Å². The summed E-state index contributed by atoms with van der Waals surface area (Å²) in [4.78, 5) is 0. The third-order valence-corrected chi connectivity index (χ3v) is 4.86. The van der Waals surface area contributed by atoms with E-state index in [4.69, 9.17) is 16.3 Å². The molecule has 0 saturated carbocycles. The van der Waals surface area contributed by atoms with E-state index in [1.165, 1.54) is 0 Å². The molecular weight excluding hydrogens is 238 g/mol. The van der Waals surface area contributed by atoms with Crippen molar-refractivity contribution in [1.29, 1.82) is 0 Å². The van der Waals surface area contributed by atoms with Crippen LogP contribution < -0.4 is 0 Å². The zero-order chi connectivity index (χ0) is 11.3. The minimum absolute atomic E-state index is 0.0360. The Kier molecular flexibility index (Phi) is 5.32. The van der Waals surface area contributed by atoms with Gasteiger partial charge >= 0.3 is 0 Å². The summed E-state index contributed by atoms with van der Waals surface area (Å²) >= 11 is 5.47. The second-order valence-electron chi connectivity index (χ2n) is 3.83. The Morgan fingerprint density at radius 1 is 1.53 bits per heavy atom. The molecule has 0 aromatic heterocycles. The number of nitrogens with zero attached hydrogens (tertiary/aromatic N) is 1. The lowest BCUT2D eigenvalue weighted by Crippen LogP contribution is -2.42. The van der Waals surface area contributed by atoms with Gasteiger partial charge in [0.25, 0.3) is 0 Å². The Morgan fingerprint density at radius 2 is 2.27 bits per heavy atom. The van der Waals surface area contributed by atoms with Crippen LogP contribution in [0.4, 0.5) is 0 Å². The average Bonchev–Trinajstić information content (AvgIpc) is 2.19. The molecule has 1 aliphatic rings. The predicted octanol–water partition coefficient (Wildman–Crippen LogP) is 0.913. The maximum Gasteiger partial charge on any atom is 0.215 e. The lowest BCUT2D eigenvalue weighted by Gasteiger charge is -2.31. The zero-order valence-electron chi connectivity index (χ0n) is 8.99. The summed E-state index contributed by atoms with van der Waals surface area (Å²) in [6.07, 6.45) is 1.95. The van der Waals surface area contributed by atoms with Gasteiger partial charge in [0.2, 0.25) is 10.0 Å². The van der Waals surface area contributed by atoms with Gasteiger partial charge in [0, 0.05) is 26.1 Å². The molecule has 90 valence electrons. The number of methoxy groups -OCH3 is 1. The highest BCUT2D eigenvalue weighted by Gasteiger charge is 2.28. The van der Waals surface area contributed by atoms with Gasteiger partial charge in [-0.15, -0.1) is 11.6 Å². The Balaban J connectivity index is 2.55. The fourth-order valence-corrected chi connectivity index (χ4v) is 3.76. The maximum absolute atomic E-state index is 11.7. The van der Waals surface area contributed by atoms with Crippen LogP contribution in [-0.2, 0) is 14.8 Å². The van der Waals surface area contributed by atoms with Crippen molar-refractivity contribution in [1.82, 2.24) is 4.31 Å².